The molecule has 1 aliphatic rings. The van der Waals surface area contributed by atoms with E-state index in [9.17, 15) is 0 Å². The van der Waals surface area contributed by atoms with Crippen molar-refractivity contribution in [3.63, 3.8) is 0 Å². The molecule has 0 saturated carbocycles. The highest BCUT2D eigenvalue weighted by Crippen LogP contribution is 2.16. The molecule has 4 nitrogen and oxygen atoms in total. The largest absolute Gasteiger partial charge is 0.496 e. The number of ether oxygens (including phenoxy) is 3. The van der Waals surface area contributed by atoms with E-state index in [4.69, 9.17) is 19.9 Å². The van der Waals surface area contributed by atoms with Crippen molar-refractivity contribution in [1.82, 2.24) is 0 Å². The monoisotopic (exact) mass is 201 g/mol. The molecule has 0 aromatic rings. The number of rotatable bonds is 6. The van der Waals surface area contributed by atoms with Gasteiger partial charge in [0.15, 0.2) is 6.29 Å². The van der Waals surface area contributed by atoms with Crippen LogP contribution in [0.4, 0.5) is 0 Å². The first kappa shape index (κ1) is 11.5. The smallest absolute Gasteiger partial charge is 0.179 e. The highest BCUT2D eigenvalue weighted by Gasteiger charge is 2.25. The van der Waals surface area contributed by atoms with Crippen molar-refractivity contribution in [3.8, 4) is 0 Å². The van der Waals surface area contributed by atoms with Gasteiger partial charge in [-0.05, 0) is 19.9 Å². The summed E-state index contributed by atoms with van der Waals surface area (Å²) < 4.78 is 16.1. The van der Waals surface area contributed by atoms with Crippen LogP contribution in [0.5, 0.6) is 0 Å². The van der Waals surface area contributed by atoms with E-state index < -0.39 is 6.29 Å². The van der Waals surface area contributed by atoms with Gasteiger partial charge in [0.2, 0.25) is 0 Å². The Hall–Kier alpha value is -0.580. The van der Waals surface area contributed by atoms with Crippen LogP contribution >= 0.6 is 0 Å². The SMILES string of the molecule is CCOC(OCC)C(N)C1=CCCO1. The van der Waals surface area contributed by atoms with Crippen LogP contribution < -0.4 is 5.73 Å². The standard InChI is InChI=1S/C10H19NO3/c1-3-12-10(13-4-2)9(11)8-6-5-7-14-8/h6,9-10H,3-5,7,11H2,1-2H3. The van der Waals surface area contributed by atoms with E-state index >= 15 is 0 Å². The zero-order chi connectivity index (χ0) is 10.4. The molecule has 82 valence electrons. The lowest BCUT2D eigenvalue weighted by atomic mass is 10.2. The molecule has 0 aliphatic carbocycles. The van der Waals surface area contributed by atoms with Gasteiger partial charge in [0.1, 0.15) is 11.8 Å². The average molecular weight is 201 g/mol. The summed E-state index contributed by atoms with van der Waals surface area (Å²) in [6.07, 6.45) is 2.53. The van der Waals surface area contributed by atoms with Gasteiger partial charge in [0.05, 0.1) is 6.61 Å². The molecular weight excluding hydrogens is 182 g/mol. The van der Waals surface area contributed by atoms with Crippen molar-refractivity contribution in [2.24, 2.45) is 5.73 Å². The molecule has 2 N–H and O–H groups in total. The molecule has 1 rings (SSSR count). The number of hydrogen-bond acceptors (Lipinski definition) is 4. The van der Waals surface area contributed by atoms with Crippen LogP contribution in [-0.2, 0) is 14.2 Å². The fourth-order valence-corrected chi connectivity index (χ4v) is 1.39. The molecule has 14 heavy (non-hydrogen) atoms. The zero-order valence-electron chi connectivity index (χ0n) is 8.86. The molecule has 1 aliphatic heterocycles. The van der Waals surface area contributed by atoms with Crippen LogP contribution in [0.3, 0.4) is 0 Å². The van der Waals surface area contributed by atoms with Gasteiger partial charge < -0.3 is 19.9 Å². The van der Waals surface area contributed by atoms with Crippen LogP contribution in [0, 0.1) is 0 Å². The highest BCUT2D eigenvalue weighted by atomic mass is 16.7. The van der Waals surface area contributed by atoms with Crippen LogP contribution in [0.25, 0.3) is 0 Å². The summed E-state index contributed by atoms with van der Waals surface area (Å²) in [6.45, 7) is 5.73. The summed E-state index contributed by atoms with van der Waals surface area (Å²) in [6, 6.07) is -0.308. The molecule has 0 aromatic carbocycles. The molecular formula is C10H19NO3. The van der Waals surface area contributed by atoms with Crippen LogP contribution in [-0.4, -0.2) is 32.2 Å². The normalized spacial score (nSPS) is 18.1. The topological polar surface area (TPSA) is 53.7 Å². The van der Waals surface area contributed by atoms with E-state index in [0.717, 1.165) is 12.2 Å². The Morgan fingerprint density at radius 2 is 2.07 bits per heavy atom. The third-order valence-electron chi connectivity index (χ3n) is 2.02. The molecule has 1 unspecified atom stereocenters. The Balaban J connectivity index is 2.48. The Labute approximate surface area is 85.0 Å². The van der Waals surface area contributed by atoms with Gasteiger partial charge in [-0.15, -0.1) is 0 Å². The fraction of sp³-hybridized carbons (Fsp3) is 0.800. The molecule has 0 aromatic heterocycles. The van der Waals surface area contributed by atoms with Crippen LogP contribution in [0.2, 0.25) is 0 Å². The van der Waals surface area contributed by atoms with Gasteiger partial charge in [-0.3, -0.25) is 0 Å². The lowest BCUT2D eigenvalue weighted by Crippen LogP contribution is -2.40. The predicted octanol–water partition coefficient (Wildman–Crippen LogP) is 1.02. The lowest BCUT2D eigenvalue weighted by Gasteiger charge is -2.23. The minimum absolute atomic E-state index is 0.308. The molecule has 4 heteroatoms. The Kier molecular flexibility index (Phi) is 4.93. The van der Waals surface area contributed by atoms with Crippen LogP contribution in [0.1, 0.15) is 20.3 Å². The Bertz CT molecular complexity index is 188. The molecule has 0 spiro atoms. The van der Waals surface area contributed by atoms with Gasteiger partial charge in [-0.1, -0.05) is 0 Å². The van der Waals surface area contributed by atoms with Crippen LogP contribution in [0.15, 0.2) is 11.8 Å². The first-order valence-electron chi connectivity index (χ1n) is 5.11. The van der Waals surface area contributed by atoms with Gasteiger partial charge in [-0.25, -0.2) is 0 Å². The maximum Gasteiger partial charge on any atom is 0.179 e. The minimum atomic E-state index is -0.394. The van der Waals surface area contributed by atoms with E-state index in [-0.39, 0.29) is 6.04 Å². The Morgan fingerprint density at radius 1 is 1.43 bits per heavy atom. The first-order valence-corrected chi connectivity index (χ1v) is 5.11. The summed E-state index contributed by atoms with van der Waals surface area (Å²) >= 11 is 0. The van der Waals surface area contributed by atoms with Crippen molar-refractivity contribution >= 4 is 0 Å². The van der Waals surface area contributed by atoms with Gasteiger partial charge in [-0.2, -0.15) is 0 Å². The third-order valence-corrected chi connectivity index (χ3v) is 2.02. The molecule has 0 bridgehead atoms. The highest BCUT2D eigenvalue weighted by molar-refractivity contribution is 5.07. The van der Waals surface area contributed by atoms with Crippen molar-refractivity contribution < 1.29 is 14.2 Å². The summed E-state index contributed by atoms with van der Waals surface area (Å²) in [5.74, 6) is 0.789. The summed E-state index contributed by atoms with van der Waals surface area (Å²) in [5.41, 5.74) is 5.95. The van der Waals surface area contributed by atoms with E-state index in [1.165, 1.54) is 0 Å². The molecule has 0 fully saturated rings. The molecule has 0 radical (unpaired) electrons. The van der Waals surface area contributed by atoms with E-state index in [2.05, 4.69) is 0 Å². The number of hydrogen-bond donors (Lipinski definition) is 1. The molecule has 1 heterocycles. The quantitative estimate of drug-likeness (QED) is 0.652. The zero-order valence-corrected chi connectivity index (χ0v) is 8.86. The second-order valence-electron chi connectivity index (χ2n) is 3.05. The van der Waals surface area contributed by atoms with Gasteiger partial charge in [0.25, 0.3) is 0 Å². The van der Waals surface area contributed by atoms with E-state index in [1.54, 1.807) is 0 Å². The molecule has 0 saturated heterocycles. The van der Waals surface area contributed by atoms with Crippen molar-refractivity contribution in [2.45, 2.75) is 32.6 Å². The van der Waals surface area contributed by atoms with Crippen molar-refractivity contribution in [3.05, 3.63) is 11.8 Å². The second-order valence-corrected chi connectivity index (χ2v) is 3.05. The molecule has 1 atom stereocenters. The lowest BCUT2D eigenvalue weighted by molar-refractivity contribution is -0.147. The van der Waals surface area contributed by atoms with Gasteiger partial charge in [0, 0.05) is 19.6 Å². The average Bonchev–Trinajstić information content (AvgIpc) is 2.69. The van der Waals surface area contributed by atoms with E-state index in [0.29, 0.717) is 19.8 Å². The first-order chi connectivity index (χ1) is 6.79. The Morgan fingerprint density at radius 3 is 2.50 bits per heavy atom. The predicted molar refractivity (Wildman–Crippen MR) is 53.7 cm³/mol. The van der Waals surface area contributed by atoms with Gasteiger partial charge >= 0.3 is 0 Å². The molecule has 0 amide bonds. The minimum Gasteiger partial charge on any atom is -0.496 e. The second kappa shape index (κ2) is 6.01. The fourth-order valence-electron chi connectivity index (χ4n) is 1.39. The summed E-state index contributed by atoms with van der Waals surface area (Å²) in [4.78, 5) is 0. The van der Waals surface area contributed by atoms with Crippen molar-refractivity contribution in [2.75, 3.05) is 19.8 Å². The van der Waals surface area contributed by atoms with E-state index in [1.807, 2.05) is 19.9 Å². The summed E-state index contributed by atoms with van der Waals surface area (Å²) in [5, 5.41) is 0. The van der Waals surface area contributed by atoms with Crippen molar-refractivity contribution in [1.29, 1.82) is 0 Å². The number of nitrogens with two attached hydrogens (primary N) is 1. The summed E-state index contributed by atoms with van der Waals surface area (Å²) in [7, 11) is 0. The maximum atomic E-state index is 5.95. The third kappa shape index (κ3) is 2.97. The maximum absolute atomic E-state index is 5.95.